The van der Waals surface area contributed by atoms with Crippen molar-refractivity contribution < 1.29 is 5.21 Å². The zero-order chi connectivity index (χ0) is 14.7. The fourth-order valence-corrected chi connectivity index (χ4v) is 2.95. The molecule has 2 aromatic heterocycles. The summed E-state index contributed by atoms with van der Waals surface area (Å²) >= 11 is 1.71. The van der Waals surface area contributed by atoms with Crippen molar-refractivity contribution in [3.8, 4) is 0 Å². The summed E-state index contributed by atoms with van der Waals surface area (Å²) in [7, 11) is 1.99. The standard InChI is InChI=1S/C14H18N4OS/c1-9-7-12(13(10(2)16-9)14(15)17-19)18(3)8-11-5-4-6-20-11/h4-7,19H,8H2,1-3H3,(H2,15,17). The van der Waals surface area contributed by atoms with E-state index >= 15 is 0 Å². The molecule has 106 valence electrons. The Morgan fingerprint density at radius 3 is 2.85 bits per heavy atom. The molecule has 2 aromatic rings. The van der Waals surface area contributed by atoms with Crippen LogP contribution in [0.15, 0.2) is 28.7 Å². The lowest BCUT2D eigenvalue weighted by Crippen LogP contribution is -2.24. The number of hydrogen-bond acceptors (Lipinski definition) is 5. The SMILES string of the molecule is Cc1cc(N(C)Cc2cccs2)c(/C(N)=N/O)c(C)n1. The first kappa shape index (κ1) is 14.3. The third-order valence-corrected chi connectivity index (χ3v) is 3.92. The van der Waals surface area contributed by atoms with Gasteiger partial charge in [0, 0.05) is 17.6 Å². The molecule has 0 aliphatic carbocycles. The number of amidine groups is 1. The van der Waals surface area contributed by atoms with Crippen molar-refractivity contribution in [2.24, 2.45) is 10.9 Å². The first-order chi connectivity index (χ1) is 9.52. The maximum atomic E-state index is 8.96. The summed E-state index contributed by atoms with van der Waals surface area (Å²) in [6.07, 6.45) is 0. The van der Waals surface area contributed by atoms with E-state index in [0.717, 1.165) is 23.6 Å². The number of hydrogen-bond donors (Lipinski definition) is 2. The molecule has 0 saturated heterocycles. The van der Waals surface area contributed by atoms with E-state index in [1.165, 1.54) is 4.88 Å². The number of thiophene rings is 1. The van der Waals surface area contributed by atoms with Crippen LogP contribution in [0, 0.1) is 13.8 Å². The van der Waals surface area contributed by atoms with Gasteiger partial charge in [0.15, 0.2) is 5.84 Å². The molecule has 0 fully saturated rings. The van der Waals surface area contributed by atoms with Crippen molar-refractivity contribution in [2.45, 2.75) is 20.4 Å². The van der Waals surface area contributed by atoms with Crippen LogP contribution in [0.3, 0.4) is 0 Å². The quantitative estimate of drug-likeness (QED) is 0.392. The highest BCUT2D eigenvalue weighted by atomic mass is 32.1. The fraction of sp³-hybridized carbons (Fsp3) is 0.286. The van der Waals surface area contributed by atoms with Gasteiger partial charge in [0.2, 0.25) is 0 Å². The summed E-state index contributed by atoms with van der Waals surface area (Å²) in [5.41, 5.74) is 9.05. The van der Waals surface area contributed by atoms with Crippen LogP contribution in [-0.4, -0.2) is 23.1 Å². The van der Waals surface area contributed by atoms with E-state index in [1.807, 2.05) is 33.0 Å². The van der Waals surface area contributed by atoms with Crippen molar-refractivity contribution in [1.82, 2.24) is 4.98 Å². The van der Waals surface area contributed by atoms with E-state index in [-0.39, 0.29) is 5.84 Å². The Morgan fingerprint density at radius 2 is 2.25 bits per heavy atom. The molecule has 0 radical (unpaired) electrons. The molecule has 0 aliphatic rings. The molecule has 0 aromatic carbocycles. The lowest BCUT2D eigenvalue weighted by Gasteiger charge is -2.23. The van der Waals surface area contributed by atoms with Crippen LogP contribution in [0.1, 0.15) is 21.8 Å². The third kappa shape index (κ3) is 2.91. The Balaban J connectivity index is 2.43. The second-order valence-electron chi connectivity index (χ2n) is 4.66. The Hall–Kier alpha value is -2.08. The molecule has 2 rings (SSSR count). The number of nitrogens with zero attached hydrogens (tertiary/aromatic N) is 3. The van der Waals surface area contributed by atoms with Gasteiger partial charge >= 0.3 is 0 Å². The fourth-order valence-electron chi connectivity index (χ4n) is 2.20. The lowest BCUT2D eigenvalue weighted by molar-refractivity contribution is 0.318. The van der Waals surface area contributed by atoms with Gasteiger partial charge in [0.1, 0.15) is 0 Å². The summed E-state index contributed by atoms with van der Waals surface area (Å²) in [4.78, 5) is 7.73. The van der Waals surface area contributed by atoms with Crippen molar-refractivity contribution >= 4 is 22.9 Å². The predicted octanol–water partition coefficient (Wildman–Crippen LogP) is 2.49. The molecule has 0 bridgehead atoms. The monoisotopic (exact) mass is 290 g/mol. The van der Waals surface area contributed by atoms with Gasteiger partial charge < -0.3 is 15.8 Å². The zero-order valence-corrected chi connectivity index (χ0v) is 12.6. The second-order valence-corrected chi connectivity index (χ2v) is 5.70. The van der Waals surface area contributed by atoms with E-state index in [2.05, 4.69) is 26.5 Å². The maximum Gasteiger partial charge on any atom is 0.174 e. The topological polar surface area (TPSA) is 74.7 Å². The first-order valence-corrected chi connectivity index (χ1v) is 7.10. The number of nitrogens with two attached hydrogens (primary N) is 1. The Bertz CT molecular complexity index is 622. The first-order valence-electron chi connectivity index (χ1n) is 6.22. The molecule has 0 spiro atoms. The summed E-state index contributed by atoms with van der Waals surface area (Å²) in [6, 6.07) is 6.07. The average Bonchev–Trinajstić information content (AvgIpc) is 2.89. The number of oxime groups is 1. The van der Waals surface area contributed by atoms with Gasteiger partial charge in [0.05, 0.1) is 23.5 Å². The second kappa shape index (κ2) is 5.92. The minimum absolute atomic E-state index is 0.0861. The van der Waals surface area contributed by atoms with Crippen LogP contribution in [-0.2, 0) is 6.54 Å². The lowest BCUT2D eigenvalue weighted by atomic mass is 10.1. The molecular weight excluding hydrogens is 272 g/mol. The molecular formula is C14H18N4OS. The van der Waals surface area contributed by atoms with Crippen molar-refractivity contribution in [1.29, 1.82) is 0 Å². The largest absolute Gasteiger partial charge is 0.409 e. The van der Waals surface area contributed by atoms with Crippen LogP contribution in [0.25, 0.3) is 0 Å². The highest BCUT2D eigenvalue weighted by molar-refractivity contribution is 7.09. The normalized spacial score (nSPS) is 11.7. The van der Waals surface area contributed by atoms with Gasteiger partial charge in [-0.25, -0.2) is 0 Å². The Morgan fingerprint density at radius 1 is 1.50 bits per heavy atom. The number of aryl methyl sites for hydroxylation is 2. The highest BCUT2D eigenvalue weighted by Gasteiger charge is 2.16. The van der Waals surface area contributed by atoms with E-state index in [1.54, 1.807) is 11.3 Å². The van der Waals surface area contributed by atoms with Gasteiger partial charge in [-0.2, -0.15) is 0 Å². The predicted molar refractivity (Wildman–Crippen MR) is 82.6 cm³/mol. The van der Waals surface area contributed by atoms with E-state index in [9.17, 15) is 0 Å². The van der Waals surface area contributed by atoms with E-state index in [4.69, 9.17) is 10.9 Å². The number of aromatic nitrogens is 1. The summed E-state index contributed by atoms with van der Waals surface area (Å²) < 4.78 is 0. The molecule has 0 unspecified atom stereocenters. The number of anilines is 1. The Labute approximate surface area is 122 Å². The smallest absolute Gasteiger partial charge is 0.174 e. The van der Waals surface area contributed by atoms with E-state index < -0.39 is 0 Å². The third-order valence-electron chi connectivity index (χ3n) is 3.06. The van der Waals surface area contributed by atoms with Gasteiger partial charge in [-0.3, -0.25) is 4.98 Å². The molecule has 6 heteroatoms. The van der Waals surface area contributed by atoms with Crippen molar-refractivity contribution in [3.05, 3.63) is 45.4 Å². The highest BCUT2D eigenvalue weighted by Crippen LogP contribution is 2.25. The van der Waals surface area contributed by atoms with E-state index in [0.29, 0.717) is 5.56 Å². The molecule has 2 heterocycles. The van der Waals surface area contributed by atoms with Gasteiger partial charge in [0.25, 0.3) is 0 Å². The van der Waals surface area contributed by atoms with Crippen LogP contribution >= 0.6 is 11.3 Å². The van der Waals surface area contributed by atoms with Gasteiger partial charge in [-0.15, -0.1) is 11.3 Å². The summed E-state index contributed by atoms with van der Waals surface area (Å²) in [6.45, 7) is 4.57. The number of rotatable bonds is 4. The minimum atomic E-state index is 0.0861. The molecule has 20 heavy (non-hydrogen) atoms. The molecule has 0 aliphatic heterocycles. The average molecular weight is 290 g/mol. The van der Waals surface area contributed by atoms with Crippen LogP contribution < -0.4 is 10.6 Å². The molecule has 0 amide bonds. The number of pyridine rings is 1. The van der Waals surface area contributed by atoms with Crippen LogP contribution in [0.2, 0.25) is 0 Å². The maximum absolute atomic E-state index is 8.96. The molecule has 0 saturated carbocycles. The van der Waals surface area contributed by atoms with Gasteiger partial charge in [-0.05, 0) is 31.4 Å². The van der Waals surface area contributed by atoms with Crippen molar-refractivity contribution in [3.63, 3.8) is 0 Å². The summed E-state index contributed by atoms with van der Waals surface area (Å²) in [5, 5.41) is 14.1. The van der Waals surface area contributed by atoms with Crippen molar-refractivity contribution in [2.75, 3.05) is 11.9 Å². The molecule has 3 N–H and O–H groups in total. The van der Waals surface area contributed by atoms with Crippen LogP contribution in [0.4, 0.5) is 5.69 Å². The zero-order valence-electron chi connectivity index (χ0n) is 11.8. The Kier molecular flexibility index (Phi) is 4.24. The molecule has 5 nitrogen and oxygen atoms in total. The molecule has 0 atom stereocenters. The summed E-state index contributed by atoms with van der Waals surface area (Å²) in [5.74, 6) is 0.0861. The van der Waals surface area contributed by atoms with Crippen LogP contribution in [0.5, 0.6) is 0 Å². The minimum Gasteiger partial charge on any atom is -0.409 e. The van der Waals surface area contributed by atoms with Gasteiger partial charge in [-0.1, -0.05) is 11.2 Å².